The summed E-state index contributed by atoms with van der Waals surface area (Å²) in [5.41, 5.74) is -0.391. The number of fused-ring (bicyclic) bond motifs is 1. The fraction of sp³-hybridized carbons (Fsp3) is 0.217. The summed E-state index contributed by atoms with van der Waals surface area (Å²) in [5.74, 6) is -0.249. The van der Waals surface area contributed by atoms with Crippen LogP contribution in [0.2, 0.25) is 5.15 Å². The van der Waals surface area contributed by atoms with Gasteiger partial charge in [0.05, 0.1) is 11.8 Å². The van der Waals surface area contributed by atoms with Crippen molar-refractivity contribution in [2.24, 2.45) is 0 Å². The van der Waals surface area contributed by atoms with Crippen molar-refractivity contribution < 1.29 is 22.4 Å². The molecule has 0 bridgehead atoms. The maximum atomic E-state index is 13.8. The number of rotatable bonds is 3. The number of carbonyl (C=O) groups excluding carboxylic acids is 1. The first-order chi connectivity index (χ1) is 15.8. The van der Waals surface area contributed by atoms with Crippen molar-refractivity contribution in [1.82, 2.24) is 14.3 Å². The van der Waals surface area contributed by atoms with Gasteiger partial charge in [0.15, 0.2) is 11.3 Å². The van der Waals surface area contributed by atoms with E-state index in [0.717, 1.165) is 16.2 Å². The molecule has 1 saturated heterocycles. The van der Waals surface area contributed by atoms with Crippen LogP contribution < -0.4 is 4.90 Å². The maximum absolute atomic E-state index is 13.8. The molecular formula is C23H18ClF3N4O2. The Morgan fingerprint density at radius 2 is 1.76 bits per heavy atom. The molecule has 0 radical (unpaired) electrons. The molecule has 0 aliphatic carbocycles. The van der Waals surface area contributed by atoms with Crippen LogP contribution >= 0.6 is 11.6 Å². The number of amides is 1. The van der Waals surface area contributed by atoms with E-state index in [0.29, 0.717) is 26.2 Å². The fourth-order valence-electron chi connectivity index (χ4n) is 4.00. The van der Waals surface area contributed by atoms with Gasteiger partial charge < -0.3 is 14.2 Å². The SMILES string of the molecule is O=C(c1nc2c(C(F)(F)F)cc(-c3ccco3)cn2c1Cl)N1CCN(c2ccccc2)CC1. The number of pyridine rings is 1. The predicted molar refractivity (Wildman–Crippen MR) is 117 cm³/mol. The molecule has 4 aromatic rings. The largest absolute Gasteiger partial charge is 0.464 e. The highest BCUT2D eigenvalue weighted by atomic mass is 35.5. The Balaban J connectivity index is 1.47. The van der Waals surface area contributed by atoms with Crippen LogP contribution in [-0.4, -0.2) is 46.4 Å². The van der Waals surface area contributed by atoms with E-state index in [1.807, 2.05) is 30.3 Å². The molecule has 1 fully saturated rings. The molecule has 170 valence electrons. The van der Waals surface area contributed by atoms with Gasteiger partial charge in [-0.1, -0.05) is 29.8 Å². The Bertz CT molecular complexity index is 1290. The Morgan fingerprint density at radius 3 is 2.39 bits per heavy atom. The first kappa shape index (κ1) is 21.4. The summed E-state index contributed by atoms with van der Waals surface area (Å²) >= 11 is 6.40. The molecule has 0 spiro atoms. The summed E-state index contributed by atoms with van der Waals surface area (Å²) < 4.78 is 47.8. The summed E-state index contributed by atoms with van der Waals surface area (Å²) in [7, 11) is 0. The molecular weight excluding hydrogens is 457 g/mol. The van der Waals surface area contributed by atoms with Gasteiger partial charge in [-0.2, -0.15) is 13.2 Å². The zero-order valence-electron chi connectivity index (χ0n) is 17.2. The molecule has 6 nitrogen and oxygen atoms in total. The maximum Gasteiger partial charge on any atom is 0.420 e. The Labute approximate surface area is 191 Å². The quantitative estimate of drug-likeness (QED) is 0.408. The number of imidazole rings is 1. The average molecular weight is 475 g/mol. The van der Waals surface area contributed by atoms with Crippen LogP contribution in [0.1, 0.15) is 16.1 Å². The summed E-state index contributed by atoms with van der Waals surface area (Å²) in [6, 6.07) is 13.9. The third-order valence-electron chi connectivity index (χ3n) is 5.66. The lowest BCUT2D eigenvalue weighted by Gasteiger charge is -2.35. The number of hydrogen-bond donors (Lipinski definition) is 0. The number of carbonyl (C=O) groups is 1. The van der Waals surface area contributed by atoms with Crippen LogP contribution in [0.4, 0.5) is 18.9 Å². The van der Waals surface area contributed by atoms with E-state index >= 15 is 0 Å². The van der Waals surface area contributed by atoms with Crippen molar-refractivity contribution in [3.63, 3.8) is 0 Å². The molecule has 5 rings (SSSR count). The second kappa shape index (κ2) is 8.15. The van der Waals surface area contributed by atoms with Gasteiger partial charge in [0.25, 0.3) is 5.91 Å². The number of anilines is 1. The van der Waals surface area contributed by atoms with E-state index in [-0.39, 0.29) is 22.2 Å². The van der Waals surface area contributed by atoms with Gasteiger partial charge in [0.2, 0.25) is 0 Å². The number of furan rings is 1. The van der Waals surface area contributed by atoms with Crippen molar-refractivity contribution >= 4 is 28.8 Å². The van der Waals surface area contributed by atoms with Gasteiger partial charge in [0, 0.05) is 43.6 Å². The smallest absolute Gasteiger partial charge is 0.420 e. The third-order valence-corrected chi connectivity index (χ3v) is 6.02. The molecule has 4 heterocycles. The van der Waals surface area contributed by atoms with Crippen LogP contribution in [-0.2, 0) is 6.18 Å². The molecule has 33 heavy (non-hydrogen) atoms. The third kappa shape index (κ3) is 3.93. The second-order valence-corrected chi connectivity index (χ2v) is 8.04. The Hall–Kier alpha value is -3.46. The lowest BCUT2D eigenvalue weighted by Crippen LogP contribution is -2.49. The van der Waals surface area contributed by atoms with Crippen molar-refractivity contribution in [2.75, 3.05) is 31.1 Å². The van der Waals surface area contributed by atoms with E-state index in [2.05, 4.69) is 9.88 Å². The molecule has 1 amide bonds. The van der Waals surface area contributed by atoms with Gasteiger partial charge in [-0.3, -0.25) is 9.20 Å². The number of hydrogen-bond acceptors (Lipinski definition) is 4. The molecule has 1 aliphatic rings. The van der Waals surface area contributed by atoms with Gasteiger partial charge in [0.1, 0.15) is 10.9 Å². The number of piperazine rings is 1. The van der Waals surface area contributed by atoms with Crippen LogP contribution in [0.3, 0.4) is 0 Å². The van der Waals surface area contributed by atoms with Gasteiger partial charge in [-0.05, 0) is 30.3 Å². The van der Waals surface area contributed by atoms with E-state index in [9.17, 15) is 18.0 Å². The van der Waals surface area contributed by atoms with E-state index < -0.39 is 23.3 Å². The molecule has 0 atom stereocenters. The average Bonchev–Trinajstić information content (AvgIpc) is 3.47. The number of halogens is 4. The van der Waals surface area contributed by atoms with Crippen LogP contribution in [0.15, 0.2) is 65.4 Å². The molecule has 1 aliphatic heterocycles. The summed E-state index contributed by atoms with van der Waals surface area (Å²) in [6.07, 6.45) is -1.94. The molecule has 1 aromatic carbocycles. The summed E-state index contributed by atoms with van der Waals surface area (Å²) in [5, 5.41) is -0.167. The number of aromatic nitrogens is 2. The van der Waals surface area contributed by atoms with Gasteiger partial charge in [-0.25, -0.2) is 4.98 Å². The molecule has 0 unspecified atom stereocenters. The highest BCUT2D eigenvalue weighted by Gasteiger charge is 2.37. The van der Waals surface area contributed by atoms with E-state index in [1.165, 1.54) is 12.5 Å². The number of para-hydroxylation sites is 1. The molecule has 10 heteroatoms. The minimum Gasteiger partial charge on any atom is -0.464 e. The zero-order chi connectivity index (χ0) is 23.2. The monoisotopic (exact) mass is 474 g/mol. The second-order valence-electron chi connectivity index (χ2n) is 7.68. The summed E-state index contributed by atoms with van der Waals surface area (Å²) in [6.45, 7) is 2.00. The first-order valence-corrected chi connectivity index (χ1v) is 10.6. The van der Waals surface area contributed by atoms with Crippen molar-refractivity contribution in [3.05, 3.63) is 77.4 Å². The van der Waals surface area contributed by atoms with Gasteiger partial charge in [-0.15, -0.1) is 0 Å². The molecule has 3 aromatic heterocycles. The van der Waals surface area contributed by atoms with E-state index in [4.69, 9.17) is 16.0 Å². The minimum atomic E-state index is -4.69. The fourth-order valence-corrected chi connectivity index (χ4v) is 4.25. The lowest BCUT2D eigenvalue weighted by molar-refractivity contribution is -0.136. The number of nitrogens with zero attached hydrogens (tertiary/aromatic N) is 4. The Kier molecular flexibility index (Phi) is 5.28. The van der Waals surface area contributed by atoms with E-state index in [1.54, 1.807) is 17.0 Å². The topological polar surface area (TPSA) is 54.0 Å². The van der Waals surface area contributed by atoms with Crippen molar-refractivity contribution in [3.8, 4) is 11.3 Å². The highest BCUT2D eigenvalue weighted by Crippen LogP contribution is 2.37. The van der Waals surface area contributed by atoms with Crippen LogP contribution in [0.5, 0.6) is 0 Å². The first-order valence-electron chi connectivity index (χ1n) is 10.2. The van der Waals surface area contributed by atoms with Gasteiger partial charge >= 0.3 is 6.18 Å². The van der Waals surface area contributed by atoms with Crippen molar-refractivity contribution in [2.45, 2.75) is 6.18 Å². The van der Waals surface area contributed by atoms with Crippen LogP contribution in [0.25, 0.3) is 17.0 Å². The Morgan fingerprint density at radius 1 is 1.03 bits per heavy atom. The van der Waals surface area contributed by atoms with Crippen LogP contribution in [0, 0.1) is 0 Å². The predicted octanol–water partition coefficient (Wildman–Crippen LogP) is 5.23. The highest BCUT2D eigenvalue weighted by molar-refractivity contribution is 6.33. The molecule has 0 saturated carbocycles. The lowest BCUT2D eigenvalue weighted by atomic mass is 10.1. The summed E-state index contributed by atoms with van der Waals surface area (Å²) in [4.78, 5) is 20.9. The number of alkyl halides is 3. The minimum absolute atomic E-state index is 0.167. The zero-order valence-corrected chi connectivity index (χ0v) is 18.0. The normalized spacial score (nSPS) is 14.8. The van der Waals surface area contributed by atoms with Crippen molar-refractivity contribution in [1.29, 1.82) is 0 Å². The standard InChI is InChI=1S/C23H18ClF3N4O2/c24-20-19(22(32)30-10-8-29(9-11-30)16-5-2-1-3-6-16)28-21-17(23(25,26)27)13-15(14-31(20)21)18-7-4-12-33-18/h1-7,12-14H,8-11H2. The number of benzene rings is 1. The molecule has 0 N–H and O–H groups in total.